The van der Waals surface area contributed by atoms with Crippen LogP contribution in [0.3, 0.4) is 0 Å². The molecule has 8 heteroatoms. The Morgan fingerprint density at radius 3 is 2.88 bits per heavy atom. The molecule has 0 unspecified atom stereocenters. The van der Waals surface area contributed by atoms with Crippen molar-refractivity contribution in [2.45, 2.75) is 45.4 Å². The average Bonchev–Trinajstić information content (AvgIpc) is 2.60. The van der Waals surface area contributed by atoms with Crippen molar-refractivity contribution in [1.82, 2.24) is 9.97 Å². The highest BCUT2D eigenvalue weighted by Crippen LogP contribution is 2.17. The Labute approximate surface area is 148 Å². The molecule has 0 spiro atoms. The van der Waals surface area contributed by atoms with Crippen LogP contribution in [0.5, 0.6) is 6.01 Å². The second-order valence-electron chi connectivity index (χ2n) is 5.96. The predicted molar refractivity (Wildman–Crippen MR) is 98.8 cm³/mol. The fraction of sp³-hybridized carbons (Fsp3) is 0.529. The molecule has 7 nitrogen and oxygen atoms in total. The summed E-state index contributed by atoms with van der Waals surface area (Å²) in [5, 5.41) is 4.37. The fourth-order valence-corrected chi connectivity index (χ4v) is 3.71. The minimum Gasteiger partial charge on any atom is -0.403 e. The molecule has 0 radical (unpaired) electrons. The number of rotatable bonds is 6. The van der Waals surface area contributed by atoms with Crippen LogP contribution < -0.4 is 16.0 Å². The van der Waals surface area contributed by atoms with Crippen molar-refractivity contribution < 1.29 is 9.25 Å². The number of nitrogens with zero attached hydrogens (tertiary/aromatic N) is 2. The van der Waals surface area contributed by atoms with Crippen molar-refractivity contribution in [2.75, 3.05) is 11.5 Å². The van der Waals surface area contributed by atoms with E-state index in [1.54, 1.807) is 0 Å². The topological polar surface area (TPSA) is 97.5 Å². The minimum atomic E-state index is -0.515. The van der Waals surface area contributed by atoms with Gasteiger partial charge in [0.25, 0.3) is 5.56 Å². The highest BCUT2D eigenvalue weighted by atomic mass is 32.2. The Balaban J connectivity index is 1.90. The molecule has 1 aliphatic heterocycles. The zero-order chi connectivity index (χ0) is 17.6. The highest BCUT2D eigenvalue weighted by Gasteiger charge is 2.14. The average molecular weight is 363 g/mol. The number of fused-ring (bicyclic) bond motifs is 1. The molecule has 0 aliphatic carbocycles. The van der Waals surface area contributed by atoms with Crippen LogP contribution in [-0.2, 0) is 6.42 Å². The van der Waals surface area contributed by atoms with Crippen LogP contribution >= 0.6 is 11.8 Å². The second kappa shape index (κ2) is 8.33. The van der Waals surface area contributed by atoms with Gasteiger partial charge in [-0.05, 0) is 42.8 Å². The van der Waals surface area contributed by atoms with E-state index in [9.17, 15) is 9.59 Å². The molecule has 2 aromatic heterocycles. The minimum absolute atomic E-state index is 0.00264. The van der Waals surface area contributed by atoms with Gasteiger partial charge in [0.1, 0.15) is 5.39 Å². The SMILES string of the molecule is CCCCCc1cc(=O)oc2nc(ON=C3CCSCC3)[nH]c(=O)c12. The summed E-state index contributed by atoms with van der Waals surface area (Å²) in [4.78, 5) is 36.2. The third kappa shape index (κ3) is 4.50. The lowest BCUT2D eigenvalue weighted by atomic mass is 10.1. The van der Waals surface area contributed by atoms with Crippen molar-refractivity contribution in [3.63, 3.8) is 0 Å². The molecule has 1 saturated heterocycles. The maximum absolute atomic E-state index is 12.4. The van der Waals surface area contributed by atoms with Crippen LogP contribution in [-0.4, -0.2) is 27.2 Å². The van der Waals surface area contributed by atoms with Gasteiger partial charge in [-0.3, -0.25) is 9.78 Å². The van der Waals surface area contributed by atoms with Crippen LogP contribution in [0.2, 0.25) is 0 Å². The second-order valence-corrected chi connectivity index (χ2v) is 7.18. The van der Waals surface area contributed by atoms with E-state index in [4.69, 9.17) is 9.25 Å². The van der Waals surface area contributed by atoms with Crippen LogP contribution in [0.15, 0.2) is 25.2 Å². The number of hydrogen-bond acceptors (Lipinski definition) is 7. The molecular formula is C17H21N3O4S. The molecule has 0 atom stereocenters. The monoisotopic (exact) mass is 363 g/mol. The van der Waals surface area contributed by atoms with E-state index in [-0.39, 0.29) is 17.3 Å². The molecule has 1 aliphatic rings. The van der Waals surface area contributed by atoms with Crippen LogP contribution in [0.1, 0.15) is 44.6 Å². The number of hydrogen-bond donors (Lipinski definition) is 1. The Morgan fingerprint density at radius 2 is 2.12 bits per heavy atom. The number of oxime groups is 1. The summed E-state index contributed by atoms with van der Waals surface area (Å²) < 4.78 is 5.10. The predicted octanol–water partition coefficient (Wildman–Crippen LogP) is 2.87. The summed E-state index contributed by atoms with van der Waals surface area (Å²) in [5.41, 5.74) is 0.706. The zero-order valence-electron chi connectivity index (χ0n) is 14.2. The molecule has 0 saturated carbocycles. The van der Waals surface area contributed by atoms with E-state index in [1.165, 1.54) is 6.07 Å². The smallest absolute Gasteiger partial charge is 0.337 e. The normalized spacial score (nSPS) is 14.7. The van der Waals surface area contributed by atoms with E-state index >= 15 is 0 Å². The lowest BCUT2D eigenvalue weighted by Crippen LogP contribution is -2.15. The number of H-pyrrole nitrogens is 1. The van der Waals surface area contributed by atoms with Crippen molar-refractivity contribution in [1.29, 1.82) is 0 Å². The molecule has 3 heterocycles. The summed E-state index contributed by atoms with van der Waals surface area (Å²) in [6.07, 6.45) is 5.35. The third-order valence-corrected chi connectivity index (χ3v) is 5.04. The molecule has 25 heavy (non-hydrogen) atoms. The summed E-state index contributed by atoms with van der Waals surface area (Å²) in [6, 6.07) is 1.31. The fourth-order valence-electron chi connectivity index (χ4n) is 2.74. The van der Waals surface area contributed by atoms with Gasteiger partial charge in [0.2, 0.25) is 5.71 Å². The first-order chi connectivity index (χ1) is 12.2. The van der Waals surface area contributed by atoms with Gasteiger partial charge >= 0.3 is 11.6 Å². The molecule has 1 N–H and O–H groups in total. The first-order valence-electron chi connectivity index (χ1n) is 8.55. The largest absolute Gasteiger partial charge is 0.403 e. The highest BCUT2D eigenvalue weighted by molar-refractivity contribution is 7.99. The number of thioether (sulfide) groups is 1. The van der Waals surface area contributed by atoms with E-state index < -0.39 is 5.63 Å². The van der Waals surface area contributed by atoms with E-state index in [0.717, 1.165) is 49.3 Å². The lowest BCUT2D eigenvalue weighted by molar-refractivity contribution is 0.309. The lowest BCUT2D eigenvalue weighted by Gasteiger charge is -2.11. The molecule has 1 fully saturated rings. The molecule has 0 amide bonds. The van der Waals surface area contributed by atoms with Crippen molar-refractivity contribution in [2.24, 2.45) is 5.16 Å². The van der Waals surface area contributed by atoms with E-state index in [2.05, 4.69) is 22.0 Å². The summed E-state index contributed by atoms with van der Waals surface area (Å²) in [7, 11) is 0. The number of aryl methyl sites for hydroxylation is 1. The molecule has 0 aromatic carbocycles. The van der Waals surface area contributed by atoms with Crippen LogP contribution in [0.25, 0.3) is 11.1 Å². The van der Waals surface area contributed by atoms with Gasteiger partial charge in [-0.15, -0.1) is 0 Å². The van der Waals surface area contributed by atoms with Gasteiger partial charge in [0, 0.05) is 6.07 Å². The molecular weight excluding hydrogens is 342 g/mol. The number of aromatic nitrogens is 2. The standard InChI is InChI=1S/C17H21N3O4S/c1-2-3-4-5-11-10-13(21)23-16-14(11)15(22)18-17(19-16)24-20-12-6-8-25-9-7-12/h10H,2-9H2,1H3,(H,18,19,22). The van der Waals surface area contributed by atoms with Gasteiger partial charge in [-0.25, -0.2) is 4.79 Å². The molecule has 2 aromatic rings. The first-order valence-corrected chi connectivity index (χ1v) is 9.70. The number of nitrogens with one attached hydrogen (secondary N) is 1. The molecule has 134 valence electrons. The van der Waals surface area contributed by atoms with Crippen molar-refractivity contribution in [3.05, 3.63) is 32.4 Å². The van der Waals surface area contributed by atoms with Crippen LogP contribution in [0, 0.1) is 0 Å². The number of aromatic amines is 1. The van der Waals surface area contributed by atoms with Crippen LogP contribution in [0.4, 0.5) is 0 Å². The third-order valence-electron chi connectivity index (χ3n) is 4.06. The van der Waals surface area contributed by atoms with E-state index in [1.807, 2.05) is 11.8 Å². The summed E-state index contributed by atoms with van der Waals surface area (Å²) >= 11 is 1.88. The van der Waals surface area contributed by atoms with Gasteiger partial charge in [0.15, 0.2) is 0 Å². The summed E-state index contributed by atoms with van der Waals surface area (Å²) in [5.74, 6) is 2.03. The quantitative estimate of drug-likeness (QED) is 0.626. The maximum atomic E-state index is 12.4. The van der Waals surface area contributed by atoms with Crippen molar-refractivity contribution in [3.8, 4) is 6.01 Å². The van der Waals surface area contributed by atoms with Gasteiger partial charge in [-0.2, -0.15) is 16.7 Å². The first kappa shape index (κ1) is 17.7. The maximum Gasteiger partial charge on any atom is 0.337 e. The Hall–Kier alpha value is -2.09. The number of unbranched alkanes of at least 4 members (excludes halogenated alkanes) is 2. The van der Waals surface area contributed by atoms with Gasteiger partial charge in [0.05, 0.1) is 5.71 Å². The van der Waals surface area contributed by atoms with Crippen molar-refractivity contribution >= 4 is 28.6 Å². The van der Waals surface area contributed by atoms with E-state index in [0.29, 0.717) is 17.4 Å². The molecule has 0 bridgehead atoms. The summed E-state index contributed by atoms with van der Waals surface area (Å²) in [6.45, 7) is 2.10. The van der Waals surface area contributed by atoms with Gasteiger partial charge < -0.3 is 9.25 Å². The Kier molecular flexibility index (Phi) is 5.91. The molecule has 3 rings (SSSR count). The zero-order valence-corrected chi connectivity index (χ0v) is 15.0. The van der Waals surface area contributed by atoms with Gasteiger partial charge in [-0.1, -0.05) is 24.9 Å². The Bertz CT molecular complexity index is 880. The Morgan fingerprint density at radius 1 is 1.32 bits per heavy atom.